The molecule has 84 valence electrons. The number of nitrogens with one attached hydrogen (secondary N) is 2. The number of carbonyl (C=O) groups excluding carboxylic acids is 1. The van der Waals surface area contributed by atoms with Crippen LogP contribution < -0.4 is 5.32 Å². The van der Waals surface area contributed by atoms with Gasteiger partial charge >= 0.3 is 0 Å². The first kappa shape index (κ1) is 10.9. The summed E-state index contributed by atoms with van der Waals surface area (Å²) < 4.78 is 0. The predicted octanol–water partition coefficient (Wildman–Crippen LogP) is 2.28. The van der Waals surface area contributed by atoms with Crippen molar-refractivity contribution in [2.45, 2.75) is 13.3 Å². The fraction of sp³-hybridized carbons (Fsp3) is 0.273. The van der Waals surface area contributed by atoms with Crippen molar-refractivity contribution >= 4 is 17.2 Å². The number of hydrogen-bond acceptors (Lipinski definition) is 3. The van der Waals surface area contributed by atoms with E-state index in [0.29, 0.717) is 12.2 Å². The molecule has 2 rings (SSSR count). The van der Waals surface area contributed by atoms with E-state index in [1.807, 2.05) is 24.4 Å². The van der Waals surface area contributed by atoms with Crippen LogP contribution >= 0.6 is 11.3 Å². The molecule has 0 spiro atoms. The number of aromatic amines is 1. The SMILES string of the molecule is CCCNC(=O)c1cc(-c2cccs2)[nH]n1. The van der Waals surface area contributed by atoms with Crippen molar-refractivity contribution < 1.29 is 4.79 Å². The van der Waals surface area contributed by atoms with Crippen LogP contribution in [0.15, 0.2) is 23.6 Å². The molecule has 0 aliphatic rings. The van der Waals surface area contributed by atoms with Crippen LogP contribution in [0.25, 0.3) is 10.6 Å². The number of carbonyl (C=O) groups is 1. The third-order valence-electron chi connectivity index (χ3n) is 2.13. The lowest BCUT2D eigenvalue weighted by molar-refractivity contribution is 0.0948. The summed E-state index contributed by atoms with van der Waals surface area (Å²) in [6.07, 6.45) is 0.925. The summed E-state index contributed by atoms with van der Waals surface area (Å²) >= 11 is 1.62. The molecule has 2 N–H and O–H groups in total. The number of rotatable bonds is 4. The second-order valence-corrected chi connectivity index (χ2v) is 4.35. The predicted molar refractivity (Wildman–Crippen MR) is 64.5 cm³/mol. The lowest BCUT2D eigenvalue weighted by Crippen LogP contribution is -2.24. The van der Waals surface area contributed by atoms with Gasteiger partial charge in [0.2, 0.25) is 0 Å². The minimum Gasteiger partial charge on any atom is -0.351 e. The Morgan fingerprint density at radius 1 is 1.62 bits per heavy atom. The molecule has 0 saturated carbocycles. The molecule has 0 saturated heterocycles. The quantitative estimate of drug-likeness (QED) is 0.854. The number of thiophene rings is 1. The van der Waals surface area contributed by atoms with Crippen molar-refractivity contribution in [3.63, 3.8) is 0 Å². The minimum atomic E-state index is -0.124. The van der Waals surface area contributed by atoms with Crippen molar-refractivity contribution in [1.82, 2.24) is 15.5 Å². The maximum absolute atomic E-state index is 11.6. The van der Waals surface area contributed by atoms with Crippen LogP contribution in [0.2, 0.25) is 0 Å². The van der Waals surface area contributed by atoms with Gasteiger partial charge in [-0.3, -0.25) is 9.89 Å². The Labute approximate surface area is 97.7 Å². The lowest BCUT2D eigenvalue weighted by Gasteiger charge is -1.98. The van der Waals surface area contributed by atoms with Crippen molar-refractivity contribution in [1.29, 1.82) is 0 Å². The average molecular weight is 235 g/mol. The maximum Gasteiger partial charge on any atom is 0.271 e. The van der Waals surface area contributed by atoms with E-state index in [0.717, 1.165) is 17.0 Å². The summed E-state index contributed by atoms with van der Waals surface area (Å²) in [5.41, 5.74) is 1.33. The van der Waals surface area contributed by atoms with Gasteiger partial charge in [0.15, 0.2) is 5.69 Å². The highest BCUT2D eigenvalue weighted by Crippen LogP contribution is 2.22. The van der Waals surface area contributed by atoms with Crippen molar-refractivity contribution in [3.8, 4) is 10.6 Å². The first-order chi connectivity index (χ1) is 7.81. The van der Waals surface area contributed by atoms with E-state index in [2.05, 4.69) is 15.5 Å². The Morgan fingerprint density at radius 2 is 2.50 bits per heavy atom. The maximum atomic E-state index is 11.6. The van der Waals surface area contributed by atoms with Crippen LogP contribution in [0, 0.1) is 0 Å². The summed E-state index contributed by atoms with van der Waals surface area (Å²) in [7, 11) is 0. The van der Waals surface area contributed by atoms with Gasteiger partial charge < -0.3 is 5.32 Å². The molecule has 0 atom stereocenters. The fourth-order valence-corrected chi connectivity index (χ4v) is 2.02. The van der Waals surface area contributed by atoms with Crippen LogP contribution in [-0.2, 0) is 0 Å². The molecule has 0 fully saturated rings. The summed E-state index contributed by atoms with van der Waals surface area (Å²) in [4.78, 5) is 12.7. The summed E-state index contributed by atoms with van der Waals surface area (Å²) in [5, 5.41) is 11.6. The molecule has 2 heterocycles. The largest absolute Gasteiger partial charge is 0.351 e. The Bertz CT molecular complexity index is 461. The Morgan fingerprint density at radius 3 is 3.19 bits per heavy atom. The van der Waals surface area contributed by atoms with Crippen LogP contribution in [0.4, 0.5) is 0 Å². The molecular weight excluding hydrogens is 222 g/mol. The van der Waals surface area contributed by atoms with Gasteiger partial charge in [0.05, 0.1) is 10.6 Å². The third-order valence-corrected chi connectivity index (χ3v) is 3.04. The molecule has 2 aromatic heterocycles. The first-order valence-corrected chi connectivity index (χ1v) is 6.06. The second-order valence-electron chi connectivity index (χ2n) is 3.40. The zero-order valence-corrected chi connectivity index (χ0v) is 9.80. The smallest absolute Gasteiger partial charge is 0.271 e. The van der Waals surface area contributed by atoms with Gasteiger partial charge in [-0.25, -0.2) is 0 Å². The Kier molecular flexibility index (Phi) is 3.36. The molecule has 0 aromatic carbocycles. The molecular formula is C11H13N3OS. The van der Waals surface area contributed by atoms with E-state index >= 15 is 0 Å². The molecule has 0 unspecified atom stereocenters. The normalized spacial score (nSPS) is 10.3. The molecule has 0 aliphatic carbocycles. The van der Waals surface area contributed by atoms with Gasteiger partial charge in [-0.05, 0) is 23.9 Å². The average Bonchev–Trinajstić information content (AvgIpc) is 2.94. The highest BCUT2D eigenvalue weighted by atomic mass is 32.1. The van der Waals surface area contributed by atoms with E-state index in [-0.39, 0.29) is 5.91 Å². The molecule has 0 bridgehead atoms. The zero-order valence-electron chi connectivity index (χ0n) is 8.99. The van der Waals surface area contributed by atoms with Gasteiger partial charge in [-0.1, -0.05) is 13.0 Å². The topological polar surface area (TPSA) is 57.8 Å². The zero-order chi connectivity index (χ0) is 11.4. The van der Waals surface area contributed by atoms with E-state index in [1.54, 1.807) is 17.4 Å². The molecule has 1 amide bonds. The van der Waals surface area contributed by atoms with Crippen LogP contribution in [-0.4, -0.2) is 22.6 Å². The number of H-pyrrole nitrogens is 1. The monoisotopic (exact) mass is 235 g/mol. The Hall–Kier alpha value is -1.62. The van der Waals surface area contributed by atoms with Crippen LogP contribution in [0.5, 0.6) is 0 Å². The molecule has 5 heteroatoms. The van der Waals surface area contributed by atoms with Crippen molar-refractivity contribution in [3.05, 3.63) is 29.3 Å². The highest BCUT2D eigenvalue weighted by Gasteiger charge is 2.10. The van der Waals surface area contributed by atoms with Crippen LogP contribution in [0.3, 0.4) is 0 Å². The number of amides is 1. The summed E-state index contributed by atoms with van der Waals surface area (Å²) in [5.74, 6) is -0.124. The van der Waals surface area contributed by atoms with E-state index in [9.17, 15) is 4.79 Å². The van der Waals surface area contributed by atoms with E-state index in [1.165, 1.54) is 0 Å². The first-order valence-electron chi connectivity index (χ1n) is 5.18. The van der Waals surface area contributed by atoms with Crippen molar-refractivity contribution in [2.75, 3.05) is 6.54 Å². The van der Waals surface area contributed by atoms with E-state index in [4.69, 9.17) is 0 Å². The fourth-order valence-electron chi connectivity index (χ4n) is 1.33. The minimum absolute atomic E-state index is 0.124. The molecule has 4 nitrogen and oxygen atoms in total. The van der Waals surface area contributed by atoms with Gasteiger partial charge in [-0.2, -0.15) is 5.10 Å². The third kappa shape index (κ3) is 2.30. The lowest BCUT2D eigenvalue weighted by atomic mass is 10.3. The highest BCUT2D eigenvalue weighted by molar-refractivity contribution is 7.13. The molecule has 0 radical (unpaired) electrons. The van der Waals surface area contributed by atoms with Gasteiger partial charge in [-0.15, -0.1) is 11.3 Å². The van der Waals surface area contributed by atoms with Crippen molar-refractivity contribution in [2.24, 2.45) is 0 Å². The Balaban J connectivity index is 2.11. The van der Waals surface area contributed by atoms with Gasteiger partial charge in [0, 0.05) is 6.54 Å². The van der Waals surface area contributed by atoms with Gasteiger partial charge in [0.25, 0.3) is 5.91 Å². The molecule has 16 heavy (non-hydrogen) atoms. The standard InChI is InChI=1S/C11H13N3OS/c1-2-5-12-11(15)9-7-8(13-14-9)10-4-3-6-16-10/h3-4,6-7H,2,5H2,1H3,(H,12,15)(H,13,14). The summed E-state index contributed by atoms with van der Waals surface area (Å²) in [6, 6.07) is 5.74. The number of hydrogen-bond donors (Lipinski definition) is 2. The summed E-state index contributed by atoms with van der Waals surface area (Å²) in [6.45, 7) is 2.70. The van der Waals surface area contributed by atoms with Gasteiger partial charge in [0.1, 0.15) is 0 Å². The van der Waals surface area contributed by atoms with Crippen LogP contribution in [0.1, 0.15) is 23.8 Å². The number of nitrogens with zero attached hydrogens (tertiary/aromatic N) is 1. The van der Waals surface area contributed by atoms with E-state index < -0.39 is 0 Å². The second kappa shape index (κ2) is 4.94. The molecule has 0 aliphatic heterocycles. The molecule has 2 aromatic rings. The number of aromatic nitrogens is 2.